The molecule has 2 aromatic rings. The third kappa shape index (κ3) is 7.89. The van der Waals surface area contributed by atoms with Crippen molar-refractivity contribution in [2.24, 2.45) is 0 Å². The molecule has 0 bridgehead atoms. The van der Waals surface area contributed by atoms with Crippen molar-refractivity contribution in [3.8, 4) is 5.75 Å². The molecule has 7 heteroatoms. The van der Waals surface area contributed by atoms with Crippen LogP contribution in [0.15, 0.2) is 42.5 Å². The van der Waals surface area contributed by atoms with Gasteiger partial charge in [-0.15, -0.1) is 0 Å². The third-order valence-electron chi connectivity index (χ3n) is 3.69. The Morgan fingerprint density at radius 2 is 1.81 bits per heavy atom. The molecule has 1 amide bonds. The Morgan fingerprint density at radius 3 is 2.52 bits per heavy atom. The first kappa shape index (κ1) is 21.1. The summed E-state index contributed by atoms with van der Waals surface area (Å²) in [4.78, 5) is 23.4. The van der Waals surface area contributed by atoms with Gasteiger partial charge in [-0.25, -0.2) is 0 Å². The third-order valence-corrected chi connectivity index (χ3v) is 4.37. The number of ether oxygens (including phenoxy) is 2. The van der Waals surface area contributed by atoms with Crippen molar-refractivity contribution >= 4 is 35.1 Å². The van der Waals surface area contributed by atoms with E-state index in [-0.39, 0.29) is 18.9 Å². The average Bonchev–Trinajstić information content (AvgIpc) is 2.66. The Labute approximate surface area is 168 Å². The predicted molar refractivity (Wildman–Crippen MR) is 105 cm³/mol. The van der Waals surface area contributed by atoms with Crippen LogP contribution in [0.4, 0.5) is 0 Å². The van der Waals surface area contributed by atoms with Crippen molar-refractivity contribution in [3.63, 3.8) is 0 Å². The van der Waals surface area contributed by atoms with Crippen molar-refractivity contribution < 1.29 is 19.1 Å². The maximum atomic E-state index is 11.7. The standard InChI is InChI=1S/C20H21Cl2NO4/c1-14-11-17(8-9-18(14)22)26-10-2-3-20(25)27-13-19(24)23-12-15-4-6-16(21)7-5-15/h4-9,11H,2-3,10,12-13H2,1H3,(H,23,24). The van der Waals surface area contributed by atoms with E-state index in [1.165, 1.54) is 0 Å². The van der Waals surface area contributed by atoms with Gasteiger partial charge < -0.3 is 14.8 Å². The lowest BCUT2D eigenvalue weighted by molar-refractivity contribution is -0.148. The molecular weight excluding hydrogens is 389 g/mol. The molecule has 27 heavy (non-hydrogen) atoms. The number of hydrogen-bond acceptors (Lipinski definition) is 4. The highest BCUT2D eigenvalue weighted by Gasteiger charge is 2.08. The minimum atomic E-state index is -0.437. The first-order valence-corrected chi connectivity index (χ1v) is 9.25. The van der Waals surface area contributed by atoms with Crippen LogP contribution in [0.1, 0.15) is 24.0 Å². The fourth-order valence-electron chi connectivity index (χ4n) is 2.19. The molecule has 0 saturated heterocycles. The Balaban J connectivity index is 1.57. The van der Waals surface area contributed by atoms with Gasteiger partial charge in [0.05, 0.1) is 6.61 Å². The lowest BCUT2D eigenvalue weighted by atomic mass is 10.2. The summed E-state index contributed by atoms with van der Waals surface area (Å²) in [6, 6.07) is 12.5. The molecule has 2 rings (SSSR count). The number of halogens is 2. The summed E-state index contributed by atoms with van der Waals surface area (Å²) < 4.78 is 10.5. The Morgan fingerprint density at radius 1 is 1.07 bits per heavy atom. The van der Waals surface area contributed by atoms with Gasteiger partial charge in [-0.2, -0.15) is 0 Å². The summed E-state index contributed by atoms with van der Waals surface area (Å²) in [6.45, 7) is 2.31. The molecule has 0 saturated carbocycles. The summed E-state index contributed by atoms with van der Waals surface area (Å²) in [5.41, 5.74) is 1.84. The van der Waals surface area contributed by atoms with Crippen LogP contribution >= 0.6 is 23.2 Å². The van der Waals surface area contributed by atoms with Gasteiger partial charge in [-0.3, -0.25) is 9.59 Å². The minimum absolute atomic E-state index is 0.178. The van der Waals surface area contributed by atoms with Crippen molar-refractivity contribution in [1.82, 2.24) is 5.32 Å². The highest BCUT2D eigenvalue weighted by atomic mass is 35.5. The quantitative estimate of drug-likeness (QED) is 0.494. The minimum Gasteiger partial charge on any atom is -0.494 e. The summed E-state index contributed by atoms with van der Waals surface area (Å²) in [5.74, 6) is -0.0921. The van der Waals surface area contributed by atoms with E-state index in [4.69, 9.17) is 32.7 Å². The molecule has 0 heterocycles. The van der Waals surface area contributed by atoms with Crippen LogP contribution in [0.3, 0.4) is 0 Å². The number of benzene rings is 2. The van der Waals surface area contributed by atoms with Crippen LogP contribution in [0, 0.1) is 6.92 Å². The van der Waals surface area contributed by atoms with Crippen molar-refractivity contribution in [1.29, 1.82) is 0 Å². The topological polar surface area (TPSA) is 64.6 Å². The molecular formula is C20H21Cl2NO4. The first-order chi connectivity index (χ1) is 12.9. The number of hydrogen-bond donors (Lipinski definition) is 1. The zero-order valence-electron chi connectivity index (χ0n) is 15.0. The van der Waals surface area contributed by atoms with Crippen LogP contribution in [0.5, 0.6) is 5.75 Å². The largest absolute Gasteiger partial charge is 0.494 e. The van der Waals surface area contributed by atoms with Crippen LogP contribution in [0.25, 0.3) is 0 Å². The maximum Gasteiger partial charge on any atom is 0.306 e. The summed E-state index contributed by atoms with van der Waals surface area (Å²) in [5, 5.41) is 3.99. The van der Waals surface area contributed by atoms with Crippen LogP contribution in [0.2, 0.25) is 10.0 Å². The van der Waals surface area contributed by atoms with Gasteiger partial charge in [0.25, 0.3) is 5.91 Å². The normalized spacial score (nSPS) is 10.3. The molecule has 0 unspecified atom stereocenters. The van der Waals surface area contributed by atoms with E-state index < -0.39 is 5.97 Å². The molecule has 0 aliphatic carbocycles. The smallest absolute Gasteiger partial charge is 0.306 e. The van der Waals surface area contributed by atoms with E-state index in [0.29, 0.717) is 35.4 Å². The van der Waals surface area contributed by atoms with E-state index in [1.807, 2.05) is 25.1 Å². The lowest BCUT2D eigenvalue weighted by Gasteiger charge is -2.08. The molecule has 0 fully saturated rings. The molecule has 0 aliphatic rings. The molecule has 1 N–H and O–H groups in total. The van der Waals surface area contributed by atoms with Crippen LogP contribution < -0.4 is 10.1 Å². The van der Waals surface area contributed by atoms with Crippen LogP contribution in [-0.2, 0) is 20.9 Å². The predicted octanol–water partition coefficient (Wildman–Crippen LogP) is 4.32. The van der Waals surface area contributed by atoms with Gasteiger partial charge in [-0.05, 0) is 54.8 Å². The number of carbonyl (C=O) groups excluding carboxylic acids is 2. The van der Waals surface area contributed by atoms with Gasteiger partial charge in [0.15, 0.2) is 6.61 Å². The van der Waals surface area contributed by atoms with Gasteiger partial charge in [0.1, 0.15) is 5.75 Å². The van der Waals surface area contributed by atoms with E-state index in [1.54, 1.807) is 24.3 Å². The van der Waals surface area contributed by atoms with Crippen molar-refractivity contribution in [2.45, 2.75) is 26.3 Å². The van der Waals surface area contributed by atoms with Crippen LogP contribution in [-0.4, -0.2) is 25.1 Å². The number of aryl methyl sites for hydroxylation is 1. The molecule has 2 aromatic carbocycles. The van der Waals surface area contributed by atoms with Crippen molar-refractivity contribution in [3.05, 3.63) is 63.6 Å². The number of esters is 1. The molecule has 0 aromatic heterocycles. The second-order valence-electron chi connectivity index (χ2n) is 5.93. The highest BCUT2D eigenvalue weighted by Crippen LogP contribution is 2.21. The summed E-state index contributed by atoms with van der Waals surface area (Å²) in [6.07, 6.45) is 0.671. The number of carbonyl (C=O) groups is 2. The fourth-order valence-corrected chi connectivity index (χ4v) is 2.43. The molecule has 0 aliphatic heterocycles. The zero-order valence-corrected chi connectivity index (χ0v) is 16.5. The van der Waals surface area contributed by atoms with Gasteiger partial charge in [-0.1, -0.05) is 35.3 Å². The Bertz CT molecular complexity index is 778. The molecule has 0 atom stereocenters. The molecule has 5 nitrogen and oxygen atoms in total. The second-order valence-corrected chi connectivity index (χ2v) is 6.77. The maximum absolute atomic E-state index is 11.7. The Kier molecular flexibility index (Phi) is 8.43. The van der Waals surface area contributed by atoms with E-state index in [2.05, 4.69) is 5.32 Å². The molecule has 0 spiro atoms. The number of nitrogens with one attached hydrogen (secondary N) is 1. The summed E-state index contributed by atoms with van der Waals surface area (Å²) >= 11 is 11.8. The molecule has 144 valence electrons. The van der Waals surface area contributed by atoms with E-state index >= 15 is 0 Å². The molecule has 0 radical (unpaired) electrons. The van der Waals surface area contributed by atoms with E-state index in [9.17, 15) is 9.59 Å². The highest BCUT2D eigenvalue weighted by molar-refractivity contribution is 6.31. The first-order valence-electron chi connectivity index (χ1n) is 8.50. The monoisotopic (exact) mass is 409 g/mol. The second kappa shape index (κ2) is 10.8. The van der Waals surface area contributed by atoms with E-state index in [0.717, 1.165) is 11.1 Å². The van der Waals surface area contributed by atoms with Gasteiger partial charge in [0, 0.05) is 23.0 Å². The van der Waals surface area contributed by atoms with Gasteiger partial charge in [0.2, 0.25) is 0 Å². The number of rotatable bonds is 9. The van der Waals surface area contributed by atoms with Gasteiger partial charge >= 0.3 is 5.97 Å². The average molecular weight is 410 g/mol. The SMILES string of the molecule is Cc1cc(OCCCC(=O)OCC(=O)NCc2ccc(Cl)cc2)ccc1Cl. The fraction of sp³-hybridized carbons (Fsp3) is 0.300. The summed E-state index contributed by atoms with van der Waals surface area (Å²) in [7, 11) is 0. The zero-order chi connectivity index (χ0) is 19.6. The lowest BCUT2D eigenvalue weighted by Crippen LogP contribution is -2.28. The Hall–Kier alpha value is -2.24. The van der Waals surface area contributed by atoms with Crippen molar-refractivity contribution in [2.75, 3.05) is 13.2 Å². The number of amides is 1.